The molecule has 0 spiro atoms. The second-order valence-corrected chi connectivity index (χ2v) is 8.70. The Morgan fingerprint density at radius 2 is 2.00 bits per heavy atom. The highest BCUT2D eigenvalue weighted by Gasteiger charge is 2.32. The molecule has 2 fully saturated rings. The summed E-state index contributed by atoms with van der Waals surface area (Å²) in [6.07, 6.45) is 3.10. The third kappa shape index (κ3) is 4.08. The fourth-order valence-electron chi connectivity index (χ4n) is 4.79. The maximum atomic E-state index is 12.4. The molecule has 2 amide bonds. The van der Waals surface area contributed by atoms with Crippen molar-refractivity contribution in [2.75, 3.05) is 33.3 Å². The van der Waals surface area contributed by atoms with Gasteiger partial charge in [0.2, 0.25) is 11.8 Å². The molecule has 0 radical (unpaired) electrons. The molecular formula is C24H28N4O4. The molecule has 0 aliphatic carbocycles. The average Bonchev–Trinajstić information content (AvgIpc) is 3.24. The van der Waals surface area contributed by atoms with Gasteiger partial charge in [0, 0.05) is 19.0 Å². The van der Waals surface area contributed by atoms with Crippen LogP contribution in [0.3, 0.4) is 0 Å². The van der Waals surface area contributed by atoms with Gasteiger partial charge in [-0.15, -0.1) is 0 Å². The van der Waals surface area contributed by atoms with Crippen molar-refractivity contribution < 1.29 is 18.8 Å². The molecule has 168 valence electrons. The fraction of sp³-hybridized carbons (Fsp3) is 0.458. The number of piperidine rings is 2. The molecule has 1 aromatic heterocycles. The van der Waals surface area contributed by atoms with E-state index < -0.39 is 5.92 Å². The van der Waals surface area contributed by atoms with E-state index in [1.54, 1.807) is 0 Å². The Labute approximate surface area is 186 Å². The zero-order chi connectivity index (χ0) is 22.1. The van der Waals surface area contributed by atoms with E-state index in [4.69, 9.17) is 9.26 Å². The van der Waals surface area contributed by atoms with Crippen LogP contribution >= 0.6 is 0 Å². The number of nitrogens with zero attached hydrogens (tertiary/aromatic N) is 2. The van der Waals surface area contributed by atoms with Crippen LogP contribution in [0.25, 0.3) is 21.7 Å². The van der Waals surface area contributed by atoms with Crippen LogP contribution in [0.1, 0.15) is 37.3 Å². The van der Waals surface area contributed by atoms with Crippen molar-refractivity contribution in [1.29, 1.82) is 0 Å². The Morgan fingerprint density at radius 3 is 2.81 bits per heavy atom. The molecule has 1 unspecified atom stereocenters. The molecule has 2 aliphatic rings. The van der Waals surface area contributed by atoms with Crippen molar-refractivity contribution in [1.82, 2.24) is 20.7 Å². The van der Waals surface area contributed by atoms with Crippen molar-refractivity contribution in [2.24, 2.45) is 0 Å². The smallest absolute Gasteiger partial charge is 0.235 e. The van der Waals surface area contributed by atoms with E-state index in [1.807, 2.05) is 30.3 Å². The Kier molecular flexibility index (Phi) is 5.80. The monoisotopic (exact) mass is 436 g/mol. The summed E-state index contributed by atoms with van der Waals surface area (Å²) in [5.41, 5.74) is 1.22. The molecule has 0 bridgehead atoms. The lowest BCUT2D eigenvalue weighted by atomic mass is 9.91. The van der Waals surface area contributed by atoms with E-state index in [1.165, 1.54) is 12.8 Å². The summed E-state index contributed by atoms with van der Waals surface area (Å²) >= 11 is 0. The highest BCUT2D eigenvalue weighted by molar-refractivity contribution is 6.10. The zero-order valence-corrected chi connectivity index (χ0v) is 18.2. The number of aromatic nitrogens is 1. The number of amides is 2. The number of nitrogens with one attached hydrogen (secondary N) is 2. The Hall–Kier alpha value is -2.97. The SMILES string of the molecule is CN(CCOc1ccc2c(ccc3onc(C4CCC(=O)NC4=O)c32)c1)C1CCNCC1. The number of carbonyl (C=O) groups excluding carboxylic acids is 2. The van der Waals surface area contributed by atoms with Crippen molar-refractivity contribution in [3.05, 3.63) is 36.0 Å². The quantitative estimate of drug-likeness (QED) is 0.573. The lowest BCUT2D eigenvalue weighted by molar-refractivity contribution is -0.134. The Balaban J connectivity index is 1.34. The highest BCUT2D eigenvalue weighted by Crippen LogP contribution is 2.36. The van der Waals surface area contributed by atoms with Crippen LogP contribution in [-0.4, -0.2) is 61.2 Å². The Morgan fingerprint density at radius 1 is 1.16 bits per heavy atom. The molecule has 2 aromatic carbocycles. The molecule has 3 heterocycles. The van der Waals surface area contributed by atoms with Gasteiger partial charge in [-0.2, -0.15) is 0 Å². The molecule has 32 heavy (non-hydrogen) atoms. The molecule has 8 nitrogen and oxygen atoms in total. The van der Waals surface area contributed by atoms with Crippen LogP contribution in [0.15, 0.2) is 34.9 Å². The highest BCUT2D eigenvalue weighted by atomic mass is 16.5. The molecule has 2 aliphatic heterocycles. The summed E-state index contributed by atoms with van der Waals surface area (Å²) in [6.45, 7) is 3.67. The number of fused-ring (bicyclic) bond motifs is 3. The number of carbonyl (C=O) groups is 2. The van der Waals surface area contributed by atoms with Gasteiger partial charge < -0.3 is 14.6 Å². The third-order valence-electron chi connectivity index (χ3n) is 6.67. The van der Waals surface area contributed by atoms with Gasteiger partial charge in [0.15, 0.2) is 5.58 Å². The van der Waals surface area contributed by atoms with Gasteiger partial charge in [0.05, 0.1) is 11.3 Å². The van der Waals surface area contributed by atoms with E-state index in [9.17, 15) is 9.59 Å². The third-order valence-corrected chi connectivity index (χ3v) is 6.67. The van der Waals surface area contributed by atoms with E-state index in [0.717, 1.165) is 41.5 Å². The molecular weight excluding hydrogens is 408 g/mol. The van der Waals surface area contributed by atoms with E-state index in [0.29, 0.717) is 36.8 Å². The molecule has 3 aromatic rings. The van der Waals surface area contributed by atoms with E-state index >= 15 is 0 Å². The predicted molar refractivity (Wildman–Crippen MR) is 121 cm³/mol. The first-order valence-electron chi connectivity index (χ1n) is 11.3. The maximum absolute atomic E-state index is 12.4. The maximum Gasteiger partial charge on any atom is 0.235 e. The van der Waals surface area contributed by atoms with Crippen LogP contribution in [-0.2, 0) is 9.59 Å². The second kappa shape index (κ2) is 8.88. The number of imide groups is 1. The predicted octanol–water partition coefficient (Wildman–Crippen LogP) is 2.56. The molecule has 1 atom stereocenters. The normalized spacial score (nSPS) is 20.2. The van der Waals surface area contributed by atoms with Crippen LogP contribution in [0.5, 0.6) is 5.75 Å². The number of ether oxygens (including phenoxy) is 1. The lowest BCUT2D eigenvalue weighted by Gasteiger charge is -2.31. The molecule has 8 heteroatoms. The van der Waals surface area contributed by atoms with E-state index in [2.05, 4.69) is 27.7 Å². The van der Waals surface area contributed by atoms with Gasteiger partial charge >= 0.3 is 0 Å². The van der Waals surface area contributed by atoms with Gasteiger partial charge in [0.25, 0.3) is 0 Å². The zero-order valence-electron chi connectivity index (χ0n) is 18.2. The minimum absolute atomic E-state index is 0.239. The number of benzene rings is 2. The second-order valence-electron chi connectivity index (χ2n) is 8.70. The topological polar surface area (TPSA) is 96.7 Å². The standard InChI is InChI=1S/C24H28N4O4/c1-28(16-8-10-25-11-9-16)12-13-31-17-3-4-18-15(14-17)2-6-20-22(18)23(27-32-20)19-5-7-21(29)26-24(19)30/h2-4,6,14,16,19,25H,5,7-13H2,1H3,(H,26,29,30). The van der Waals surface area contributed by atoms with Gasteiger partial charge in [-0.25, -0.2) is 0 Å². The average molecular weight is 437 g/mol. The van der Waals surface area contributed by atoms with Crippen LogP contribution in [0.2, 0.25) is 0 Å². The van der Waals surface area contributed by atoms with E-state index in [-0.39, 0.29) is 11.8 Å². The summed E-state index contributed by atoms with van der Waals surface area (Å²) in [5.74, 6) is -0.224. The largest absolute Gasteiger partial charge is 0.492 e. The number of hydrogen-bond donors (Lipinski definition) is 2. The summed E-state index contributed by atoms with van der Waals surface area (Å²) in [7, 11) is 2.17. The summed E-state index contributed by atoms with van der Waals surface area (Å²) in [4.78, 5) is 26.3. The number of likely N-dealkylation sites (N-methyl/N-ethyl adjacent to an activating group) is 1. The van der Waals surface area contributed by atoms with Crippen molar-refractivity contribution in [3.8, 4) is 5.75 Å². The summed E-state index contributed by atoms with van der Waals surface area (Å²) < 4.78 is 11.6. The van der Waals surface area contributed by atoms with Crippen LogP contribution < -0.4 is 15.4 Å². The van der Waals surface area contributed by atoms with Gasteiger partial charge in [-0.3, -0.25) is 19.8 Å². The Bertz CT molecular complexity index is 1150. The molecule has 5 rings (SSSR count). The first kappa shape index (κ1) is 20.9. The first-order valence-corrected chi connectivity index (χ1v) is 11.3. The fourth-order valence-corrected chi connectivity index (χ4v) is 4.79. The van der Waals surface area contributed by atoms with Gasteiger partial charge in [0.1, 0.15) is 18.1 Å². The first-order chi connectivity index (χ1) is 15.6. The summed E-state index contributed by atoms with van der Waals surface area (Å²) in [5, 5.41) is 12.8. The van der Waals surface area contributed by atoms with Gasteiger partial charge in [-0.05, 0) is 74.4 Å². The minimum atomic E-state index is -0.485. The van der Waals surface area contributed by atoms with Crippen LogP contribution in [0, 0.1) is 0 Å². The number of hydrogen-bond acceptors (Lipinski definition) is 7. The van der Waals surface area contributed by atoms with Crippen molar-refractivity contribution in [3.63, 3.8) is 0 Å². The van der Waals surface area contributed by atoms with Crippen molar-refractivity contribution in [2.45, 2.75) is 37.6 Å². The van der Waals surface area contributed by atoms with Gasteiger partial charge in [-0.1, -0.05) is 11.2 Å². The summed E-state index contributed by atoms with van der Waals surface area (Å²) in [6, 6.07) is 10.4. The van der Waals surface area contributed by atoms with Crippen molar-refractivity contribution >= 4 is 33.6 Å². The minimum Gasteiger partial charge on any atom is -0.492 e. The van der Waals surface area contributed by atoms with Crippen LogP contribution in [0.4, 0.5) is 0 Å². The lowest BCUT2D eigenvalue weighted by Crippen LogP contribution is -2.42. The molecule has 0 saturated carbocycles. The molecule has 2 N–H and O–H groups in total. The number of rotatable bonds is 6. The molecule has 2 saturated heterocycles.